The largest absolute Gasteiger partial charge is 0.313 e. The molecule has 1 saturated carbocycles. The second-order valence-corrected chi connectivity index (χ2v) is 8.70. The van der Waals surface area contributed by atoms with Gasteiger partial charge in [-0.3, -0.25) is 0 Å². The highest BCUT2D eigenvalue weighted by molar-refractivity contribution is 7.92. The summed E-state index contributed by atoms with van der Waals surface area (Å²) >= 11 is 0. The molecular formula is C14H29NO2S. The molecule has 0 bridgehead atoms. The first-order valence-corrected chi connectivity index (χ1v) is 8.99. The fourth-order valence-electron chi connectivity index (χ4n) is 2.47. The van der Waals surface area contributed by atoms with E-state index in [1.54, 1.807) is 0 Å². The average Bonchev–Trinajstić information content (AvgIpc) is 2.30. The van der Waals surface area contributed by atoms with E-state index in [4.69, 9.17) is 0 Å². The molecule has 1 rings (SSSR count). The van der Waals surface area contributed by atoms with Gasteiger partial charge in [0.05, 0.1) is 11.0 Å². The molecule has 1 unspecified atom stereocenters. The van der Waals surface area contributed by atoms with Crippen LogP contribution in [0.3, 0.4) is 0 Å². The Morgan fingerprint density at radius 1 is 1.11 bits per heavy atom. The van der Waals surface area contributed by atoms with Crippen molar-refractivity contribution in [2.24, 2.45) is 11.8 Å². The van der Waals surface area contributed by atoms with Gasteiger partial charge in [0, 0.05) is 12.6 Å². The lowest BCUT2D eigenvalue weighted by molar-refractivity contribution is 0.311. The molecule has 0 aromatic carbocycles. The Kier molecular flexibility index (Phi) is 6.12. The Bertz CT molecular complexity index is 330. The molecule has 0 heterocycles. The molecule has 1 fully saturated rings. The van der Waals surface area contributed by atoms with Gasteiger partial charge >= 0.3 is 0 Å². The summed E-state index contributed by atoms with van der Waals surface area (Å²) in [4.78, 5) is 0. The molecule has 0 saturated heterocycles. The first-order valence-electron chi connectivity index (χ1n) is 7.28. The molecule has 4 heteroatoms. The zero-order chi connectivity index (χ0) is 13.8. The Morgan fingerprint density at radius 2 is 1.67 bits per heavy atom. The highest BCUT2D eigenvalue weighted by atomic mass is 32.2. The van der Waals surface area contributed by atoms with Gasteiger partial charge in [-0.2, -0.15) is 0 Å². The third-order valence-corrected chi connectivity index (χ3v) is 6.79. The lowest BCUT2D eigenvalue weighted by atomic mass is 9.87. The van der Waals surface area contributed by atoms with E-state index in [1.165, 1.54) is 25.7 Å². The number of hydrogen-bond donors (Lipinski definition) is 1. The van der Waals surface area contributed by atoms with E-state index in [0.29, 0.717) is 12.6 Å². The van der Waals surface area contributed by atoms with Crippen LogP contribution in [0.1, 0.15) is 53.4 Å². The van der Waals surface area contributed by atoms with Gasteiger partial charge in [0.15, 0.2) is 9.84 Å². The van der Waals surface area contributed by atoms with Gasteiger partial charge in [0.2, 0.25) is 0 Å². The molecule has 3 nitrogen and oxygen atoms in total. The zero-order valence-electron chi connectivity index (χ0n) is 12.3. The quantitative estimate of drug-likeness (QED) is 0.810. The second kappa shape index (κ2) is 6.90. The van der Waals surface area contributed by atoms with Crippen LogP contribution in [0, 0.1) is 11.8 Å². The van der Waals surface area contributed by atoms with Crippen LogP contribution in [0.4, 0.5) is 0 Å². The lowest BCUT2D eigenvalue weighted by Crippen LogP contribution is -2.38. The van der Waals surface area contributed by atoms with E-state index < -0.39 is 9.84 Å². The summed E-state index contributed by atoms with van der Waals surface area (Å²) < 4.78 is 24.1. The minimum atomic E-state index is -2.93. The van der Waals surface area contributed by atoms with Crippen LogP contribution in [0.15, 0.2) is 0 Å². The van der Waals surface area contributed by atoms with Crippen LogP contribution in [0.2, 0.25) is 0 Å². The van der Waals surface area contributed by atoms with Crippen molar-refractivity contribution in [3.63, 3.8) is 0 Å². The Hall–Kier alpha value is -0.0900. The first kappa shape index (κ1) is 16.0. The maximum absolute atomic E-state index is 12.0. The number of sulfone groups is 1. The number of nitrogens with one attached hydrogen (secondary N) is 1. The van der Waals surface area contributed by atoms with Crippen molar-refractivity contribution in [3.8, 4) is 0 Å². The van der Waals surface area contributed by atoms with Crippen molar-refractivity contribution in [1.29, 1.82) is 0 Å². The van der Waals surface area contributed by atoms with Crippen molar-refractivity contribution in [3.05, 3.63) is 0 Å². The van der Waals surface area contributed by atoms with Crippen LogP contribution >= 0.6 is 0 Å². The number of hydrogen-bond acceptors (Lipinski definition) is 3. The summed E-state index contributed by atoms with van der Waals surface area (Å²) in [6, 6.07) is 0.533. The van der Waals surface area contributed by atoms with Crippen LogP contribution in [0.25, 0.3) is 0 Å². The predicted molar refractivity (Wildman–Crippen MR) is 77.5 cm³/mol. The van der Waals surface area contributed by atoms with E-state index >= 15 is 0 Å². The minimum Gasteiger partial charge on any atom is -0.313 e. The maximum Gasteiger partial charge on any atom is 0.154 e. The summed E-state index contributed by atoms with van der Waals surface area (Å²) in [5, 5.41) is 3.18. The average molecular weight is 275 g/mol. The van der Waals surface area contributed by atoms with Gasteiger partial charge in [-0.25, -0.2) is 8.42 Å². The lowest BCUT2D eigenvalue weighted by Gasteiger charge is -2.27. The molecule has 108 valence electrons. The van der Waals surface area contributed by atoms with E-state index in [1.807, 2.05) is 20.8 Å². The molecule has 1 aliphatic carbocycles. The fourth-order valence-corrected chi connectivity index (χ4v) is 4.07. The predicted octanol–water partition coefficient (Wildman–Crippen LogP) is 2.61. The molecule has 0 amide bonds. The highest BCUT2D eigenvalue weighted by Gasteiger charge is 2.24. The van der Waals surface area contributed by atoms with Gasteiger partial charge in [-0.05, 0) is 44.4 Å². The maximum atomic E-state index is 12.0. The van der Waals surface area contributed by atoms with Crippen molar-refractivity contribution < 1.29 is 8.42 Å². The molecule has 1 atom stereocenters. The fraction of sp³-hybridized carbons (Fsp3) is 1.00. The van der Waals surface area contributed by atoms with Crippen LogP contribution in [-0.2, 0) is 9.84 Å². The minimum absolute atomic E-state index is 0.200. The van der Waals surface area contributed by atoms with E-state index in [2.05, 4.69) is 12.2 Å². The topological polar surface area (TPSA) is 46.2 Å². The molecule has 0 aliphatic heterocycles. The Balaban J connectivity index is 2.29. The molecule has 0 spiro atoms. The third-order valence-electron chi connectivity index (χ3n) is 4.34. The SMILES string of the molecule is CC1CCC(NCCS(=O)(=O)C(C)C(C)C)CC1. The van der Waals surface area contributed by atoms with Gasteiger partial charge in [0.25, 0.3) is 0 Å². The summed E-state index contributed by atoms with van der Waals surface area (Å²) in [6.45, 7) is 8.67. The van der Waals surface area contributed by atoms with Gasteiger partial charge in [0.1, 0.15) is 0 Å². The molecule has 1 aliphatic rings. The first-order chi connectivity index (χ1) is 8.33. The van der Waals surface area contributed by atoms with Crippen molar-refractivity contribution in [1.82, 2.24) is 5.32 Å². The van der Waals surface area contributed by atoms with Gasteiger partial charge in [-0.1, -0.05) is 20.8 Å². The van der Waals surface area contributed by atoms with Crippen LogP contribution in [-0.4, -0.2) is 32.0 Å². The Labute approximate surface area is 113 Å². The molecule has 18 heavy (non-hydrogen) atoms. The summed E-state index contributed by atoms with van der Waals surface area (Å²) in [5.41, 5.74) is 0. The smallest absolute Gasteiger partial charge is 0.154 e. The van der Waals surface area contributed by atoms with Crippen molar-refractivity contribution in [2.45, 2.75) is 64.7 Å². The van der Waals surface area contributed by atoms with E-state index in [-0.39, 0.29) is 16.9 Å². The third kappa shape index (κ3) is 4.88. The summed E-state index contributed by atoms with van der Waals surface area (Å²) in [7, 11) is -2.93. The molecule has 0 aromatic rings. The van der Waals surface area contributed by atoms with Crippen LogP contribution < -0.4 is 5.32 Å². The van der Waals surface area contributed by atoms with Crippen LogP contribution in [0.5, 0.6) is 0 Å². The van der Waals surface area contributed by atoms with Gasteiger partial charge in [-0.15, -0.1) is 0 Å². The normalized spacial score (nSPS) is 27.4. The van der Waals surface area contributed by atoms with E-state index in [0.717, 1.165) is 5.92 Å². The van der Waals surface area contributed by atoms with Gasteiger partial charge < -0.3 is 5.32 Å². The monoisotopic (exact) mass is 275 g/mol. The van der Waals surface area contributed by atoms with E-state index in [9.17, 15) is 8.42 Å². The summed E-state index contributed by atoms with van der Waals surface area (Å²) in [6.07, 6.45) is 4.93. The van der Waals surface area contributed by atoms with Crippen molar-refractivity contribution >= 4 is 9.84 Å². The standard InChI is InChI=1S/C14H29NO2S/c1-11(2)13(4)18(16,17)10-9-15-14-7-5-12(3)6-8-14/h11-15H,5-10H2,1-4H3. The Morgan fingerprint density at radius 3 is 2.17 bits per heavy atom. The molecule has 1 N–H and O–H groups in total. The molecule has 0 aromatic heterocycles. The van der Waals surface area contributed by atoms with Crippen molar-refractivity contribution in [2.75, 3.05) is 12.3 Å². The number of rotatable bonds is 6. The zero-order valence-corrected chi connectivity index (χ0v) is 13.1. The second-order valence-electron chi connectivity index (χ2n) is 6.23. The summed E-state index contributed by atoms with van der Waals surface area (Å²) in [5.74, 6) is 1.32. The molecular weight excluding hydrogens is 246 g/mol. The molecule has 0 radical (unpaired) electrons. The highest BCUT2D eigenvalue weighted by Crippen LogP contribution is 2.23.